The minimum absolute atomic E-state index is 0.125. The average molecular weight is 540 g/mol. The Balaban J connectivity index is 1.67. The Bertz CT molecular complexity index is 1490. The maximum atomic E-state index is 13.9. The molecule has 13 heteroatoms. The molecule has 0 unspecified atom stereocenters. The van der Waals surface area contributed by atoms with Gasteiger partial charge in [0.1, 0.15) is 0 Å². The number of fused-ring (bicyclic) bond motifs is 1. The van der Waals surface area contributed by atoms with Crippen LogP contribution in [0.4, 0.5) is 31.5 Å². The smallest absolute Gasteiger partial charge is 0.416 e. The first kappa shape index (κ1) is 25.2. The molecule has 2 aromatic carbocycles. The van der Waals surface area contributed by atoms with E-state index >= 15 is 0 Å². The zero-order valence-corrected chi connectivity index (χ0v) is 19.8. The lowest BCUT2D eigenvalue weighted by atomic mass is 9.94. The third-order valence-electron chi connectivity index (χ3n) is 6.11. The lowest BCUT2D eigenvalue weighted by Gasteiger charge is -2.26. The fourth-order valence-corrected chi connectivity index (χ4v) is 5.33. The fourth-order valence-electron chi connectivity index (χ4n) is 4.25. The van der Waals surface area contributed by atoms with Gasteiger partial charge >= 0.3 is 12.4 Å². The molecule has 3 aromatic rings. The Morgan fingerprint density at radius 1 is 1.00 bits per heavy atom. The van der Waals surface area contributed by atoms with Gasteiger partial charge in [-0.05, 0) is 40.6 Å². The van der Waals surface area contributed by atoms with Crippen LogP contribution in [0.15, 0.2) is 46.6 Å². The summed E-state index contributed by atoms with van der Waals surface area (Å²) in [4.78, 5) is 6.45. The number of aromatic hydroxyl groups is 1. The Kier molecular flexibility index (Phi) is 6.44. The van der Waals surface area contributed by atoms with E-state index in [1.165, 1.54) is 6.21 Å². The van der Waals surface area contributed by atoms with Crippen molar-refractivity contribution in [1.29, 1.82) is 0 Å². The van der Waals surface area contributed by atoms with Crippen molar-refractivity contribution in [3.8, 4) is 5.88 Å². The SMILES string of the molecule is Oc1nc(N2CCNCC2)sc1C(Cc1ccc(C(F)(F)F)cc1C(F)(F)F)=c1ccc2c(c1)C=NN=2. The standard InChI is InChI=1S/C24H19F6N5OS/c25-23(26,27)16-3-1-14(18(11-16)24(28,29)30)10-17(13-2-4-19-15(9-13)12-32-34-19)20-21(36)33-22(37-20)35-7-5-31-6-8-35/h1-4,9,11-12,31,36H,5-8,10H2. The number of aromatic nitrogens is 1. The zero-order chi connectivity index (χ0) is 26.4. The van der Waals surface area contributed by atoms with Crippen molar-refractivity contribution >= 4 is 28.3 Å². The molecule has 0 atom stereocenters. The zero-order valence-electron chi connectivity index (χ0n) is 19.0. The first-order valence-electron chi connectivity index (χ1n) is 11.2. The minimum atomic E-state index is -5.02. The molecule has 0 spiro atoms. The highest BCUT2D eigenvalue weighted by Crippen LogP contribution is 2.41. The highest BCUT2D eigenvalue weighted by Gasteiger charge is 2.38. The number of anilines is 1. The maximum absolute atomic E-state index is 13.9. The number of hydrogen-bond acceptors (Lipinski definition) is 7. The van der Waals surface area contributed by atoms with Crippen molar-refractivity contribution in [1.82, 2.24) is 10.3 Å². The number of alkyl halides is 6. The van der Waals surface area contributed by atoms with Crippen molar-refractivity contribution in [3.05, 3.63) is 74.1 Å². The van der Waals surface area contributed by atoms with Crippen molar-refractivity contribution in [2.45, 2.75) is 18.8 Å². The van der Waals surface area contributed by atoms with Gasteiger partial charge in [0.2, 0.25) is 5.88 Å². The third-order valence-corrected chi connectivity index (χ3v) is 7.27. The van der Waals surface area contributed by atoms with Crippen molar-refractivity contribution in [2.75, 3.05) is 31.1 Å². The predicted molar refractivity (Wildman–Crippen MR) is 126 cm³/mol. The summed E-state index contributed by atoms with van der Waals surface area (Å²) in [7, 11) is 0. The largest absolute Gasteiger partial charge is 0.492 e. The quantitative estimate of drug-likeness (QED) is 0.496. The molecule has 1 saturated heterocycles. The summed E-state index contributed by atoms with van der Waals surface area (Å²) in [5.41, 5.74) is -2.20. The van der Waals surface area contributed by atoms with Crippen LogP contribution >= 0.6 is 11.3 Å². The summed E-state index contributed by atoms with van der Waals surface area (Å²) in [6, 6.07) is 6.55. The normalized spacial score (nSPS) is 16.5. The summed E-state index contributed by atoms with van der Waals surface area (Å²) < 4.78 is 81.3. The summed E-state index contributed by atoms with van der Waals surface area (Å²) in [6.07, 6.45) is -8.85. The fraction of sp³-hybridized carbons (Fsp3) is 0.292. The number of rotatable bonds is 4. The predicted octanol–water partition coefficient (Wildman–Crippen LogP) is 3.70. The van der Waals surface area contributed by atoms with E-state index in [9.17, 15) is 31.4 Å². The van der Waals surface area contributed by atoms with Crippen molar-refractivity contribution in [2.24, 2.45) is 10.2 Å². The van der Waals surface area contributed by atoms with Crippen LogP contribution in [0, 0.1) is 0 Å². The molecule has 0 aliphatic carbocycles. The van der Waals surface area contributed by atoms with Gasteiger partial charge in [-0.3, -0.25) is 0 Å². The number of thiazole rings is 1. The molecule has 0 radical (unpaired) electrons. The van der Waals surface area contributed by atoms with E-state index in [1.807, 2.05) is 4.90 Å². The number of hydrogen-bond donors (Lipinski definition) is 2. The lowest BCUT2D eigenvalue weighted by Crippen LogP contribution is -2.43. The van der Waals surface area contributed by atoms with E-state index in [-0.39, 0.29) is 22.4 Å². The first-order valence-corrected chi connectivity index (χ1v) is 12.0. The molecule has 2 N–H and O–H groups in total. The summed E-state index contributed by atoms with van der Waals surface area (Å²) >= 11 is 1.12. The van der Waals surface area contributed by atoms with Gasteiger partial charge in [0.25, 0.3) is 0 Å². The van der Waals surface area contributed by atoms with E-state index in [0.717, 1.165) is 17.4 Å². The monoisotopic (exact) mass is 539 g/mol. The van der Waals surface area contributed by atoms with Crippen molar-refractivity contribution in [3.63, 3.8) is 0 Å². The number of halogens is 6. The molecule has 2 aliphatic heterocycles. The number of piperazine rings is 1. The number of nitrogens with one attached hydrogen (secondary N) is 1. The third kappa shape index (κ3) is 5.18. The molecule has 6 nitrogen and oxygen atoms in total. The molecule has 2 aliphatic rings. The van der Waals surface area contributed by atoms with Crippen LogP contribution in [0.2, 0.25) is 0 Å². The molecule has 0 amide bonds. The summed E-state index contributed by atoms with van der Waals surface area (Å²) in [6.45, 7) is 2.69. The van der Waals surface area contributed by atoms with Gasteiger partial charge < -0.3 is 15.3 Å². The Labute approximate surface area is 210 Å². The van der Waals surface area contributed by atoms with E-state index in [1.54, 1.807) is 18.2 Å². The lowest BCUT2D eigenvalue weighted by molar-refractivity contribution is -0.143. The molecular weight excluding hydrogens is 520 g/mol. The van der Waals surface area contributed by atoms with Gasteiger partial charge in [0.15, 0.2) is 5.13 Å². The Morgan fingerprint density at radius 3 is 2.46 bits per heavy atom. The Hall–Kier alpha value is -3.45. The number of nitrogens with zero attached hydrogens (tertiary/aromatic N) is 4. The minimum Gasteiger partial charge on any atom is -0.492 e. The molecule has 0 saturated carbocycles. The molecule has 37 heavy (non-hydrogen) atoms. The van der Waals surface area contributed by atoms with Gasteiger partial charge in [-0.25, -0.2) is 0 Å². The van der Waals surface area contributed by atoms with Crippen LogP contribution in [-0.2, 0) is 18.8 Å². The molecule has 194 valence electrons. The van der Waals surface area contributed by atoms with Crippen molar-refractivity contribution < 1.29 is 31.4 Å². The van der Waals surface area contributed by atoms with E-state index in [0.29, 0.717) is 59.1 Å². The molecule has 3 heterocycles. The molecule has 0 bridgehead atoms. The average Bonchev–Trinajstić information content (AvgIpc) is 3.48. The number of benzene rings is 2. The summed E-state index contributed by atoms with van der Waals surface area (Å²) in [5, 5.41) is 23.3. The van der Waals surface area contributed by atoms with E-state index in [2.05, 4.69) is 20.5 Å². The van der Waals surface area contributed by atoms with Crippen LogP contribution in [0.5, 0.6) is 5.88 Å². The maximum Gasteiger partial charge on any atom is 0.416 e. The van der Waals surface area contributed by atoms with E-state index < -0.39 is 29.9 Å². The van der Waals surface area contributed by atoms with Crippen LogP contribution in [0.1, 0.15) is 27.1 Å². The second-order valence-electron chi connectivity index (χ2n) is 8.53. The summed E-state index contributed by atoms with van der Waals surface area (Å²) in [5.74, 6) is -0.354. The van der Waals surface area contributed by atoms with Crippen LogP contribution in [0.25, 0.3) is 5.57 Å². The van der Waals surface area contributed by atoms with Gasteiger partial charge in [0.05, 0.1) is 27.6 Å². The highest BCUT2D eigenvalue weighted by molar-refractivity contribution is 7.17. The second-order valence-corrected chi connectivity index (χ2v) is 9.50. The molecule has 1 aromatic heterocycles. The molecular formula is C24H19F6N5OS. The van der Waals surface area contributed by atoms with E-state index in [4.69, 9.17) is 0 Å². The molecule has 5 rings (SSSR count). The van der Waals surface area contributed by atoms with Gasteiger partial charge in [-0.15, -0.1) is 0 Å². The highest BCUT2D eigenvalue weighted by atomic mass is 32.1. The van der Waals surface area contributed by atoms with Gasteiger partial charge in [-0.2, -0.15) is 41.5 Å². The van der Waals surface area contributed by atoms with Crippen LogP contribution < -0.4 is 20.8 Å². The van der Waals surface area contributed by atoms with Gasteiger partial charge in [-0.1, -0.05) is 23.5 Å². The van der Waals surface area contributed by atoms with Crippen LogP contribution in [0.3, 0.4) is 0 Å². The van der Waals surface area contributed by atoms with Crippen LogP contribution in [-0.4, -0.2) is 42.5 Å². The topological polar surface area (TPSA) is 73.1 Å². The first-order chi connectivity index (χ1) is 17.5. The van der Waals surface area contributed by atoms with Gasteiger partial charge in [0, 0.05) is 38.2 Å². The Morgan fingerprint density at radius 2 is 1.76 bits per heavy atom. The molecule has 1 fully saturated rings. The second kappa shape index (κ2) is 9.45.